The molecule has 0 atom stereocenters. The molecule has 0 amide bonds. The molecule has 4 aromatic rings. The van der Waals surface area contributed by atoms with Gasteiger partial charge in [0.25, 0.3) is 0 Å². The molecule has 38 heavy (non-hydrogen) atoms. The van der Waals surface area contributed by atoms with Gasteiger partial charge in [0.1, 0.15) is 0 Å². The number of unbranched alkanes of at least 4 members (excludes halogenated alkanes) is 7. The van der Waals surface area contributed by atoms with E-state index in [1.165, 1.54) is 122 Å². The summed E-state index contributed by atoms with van der Waals surface area (Å²) in [6.07, 6.45) is 16.6. The van der Waals surface area contributed by atoms with E-state index >= 15 is 0 Å². The van der Waals surface area contributed by atoms with Crippen molar-refractivity contribution in [2.45, 2.75) is 97.3 Å². The quantitative estimate of drug-likeness (QED) is 0.117. The lowest BCUT2D eigenvalue weighted by molar-refractivity contribution is 0.192. The molecule has 2 aliphatic carbocycles. The van der Waals surface area contributed by atoms with Crippen LogP contribution in [-0.4, -0.2) is 13.7 Å². The van der Waals surface area contributed by atoms with Gasteiger partial charge in [0.2, 0.25) is 0 Å². The van der Waals surface area contributed by atoms with E-state index in [2.05, 4.69) is 55.5 Å². The Kier molecular flexibility index (Phi) is 8.07. The minimum absolute atomic E-state index is 0.894. The molecule has 0 spiro atoms. The van der Waals surface area contributed by atoms with Crippen LogP contribution in [-0.2, 0) is 24.0 Å². The van der Waals surface area contributed by atoms with Crippen molar-refractivity contribution in [2.75, 3.05) is 13.7 Å². The van der Waals surface area contributed by atoms with E-state index in [4.69, 9.17) is 4.74 Å². The summed E-state index contributed by atoms with van der Waals surface area (Å²) in [6, 6.07) is 12.4. The van der Waals surface area contributed by atoms with Crippen molar-refractivity contribution < 1.29 is 4.74 Å². The fourth-order valence-electron chi connectivity index (χ4n) is 6.71. The Morgan fingerprint density at radius 3 is 1.82 bits per heavy atom. The molecule has 0 unspecified atom stereocenters. The van der Waals surface area contributed by atoms with Gasteiger partial charge in [0, 0.05) is 55.5 Å². The summed E-state index contributed by atoms with van der Waals surface area (Å²) in [7, 11) is 1.80. The first-order valence-electron chi connectivity index (χ1n) is 15.1. The first-order valence-corrected chi connectivity index (χ1v) is 16.8. The number of rotatable bonds is 15. The molecule has 3 heteroatoms. The van der Waals surface area contributed by atoms with Crippen LogP contribution < -0.4 is 0 Å². The van der Waals surface area contributed by atoms with E-state index in [0.29, 0.717) is 0 Å². The van der Waals surface area contributed by atoms with Crippen LogP contribution in [0.25, 0.3) is 54.6 Å². The maximum absolute atomic E-state index is 5.20. The number of hydrogen-bond acceptors (Lipinski definition) is 3. The second kappa shape index (κ2) is 11.7. The third-order valence-electron chi connectivity index (χ3n) is 8.61. The summed E-state index contributed by atoms with van der Waals surface area (Å²) in [5.41, 5.74) is 10.7. The molecule has 0 saturated heterocycles. The summed E-state index contributed by atoms with van der Waals surface area (Å²) < 4.78 is 5.20. The van der Waals surface area contributed by atoms with Crippen LogP contribution in [0.3, 0.4) is 0 Å². The fourth-order valence-corrected chi connectivity index (χ4v) is 9.38. The maximum Gasteiger partial charge on any atom is 0.0462 e. The minimum Gasteiger partial charge on any atom is -0.385 e. The monoisotopic (exact) mass is 542 g/mol. The highest BCUT2D eigenvalue weighted by Crippen LogP contribution is 2.60. The molecular formula is C35H42OS2. The van der Waals surface area contributed by atoms with E-state index in [0.717, 1.165) is 6.61 Å². The molecule has 0 fully saturated rings. The molecule has 0 saturated carbocycles. The molecule has 0 aliphatic heterocycles. The lowest BCUT2D eigenvalue weighted by Crippen LogP contribution is -1.89. The normalized spacial score (nSPS) is 12.6. The Morgan fingerprint density at radius 2 is 1.16 bits per heavy atom. The van der Waals surface area contributed by atoms with Crippen LogP contribution in [0.2, 0.25) is 0 Å². The molecule has 2 aliphatic rings. The SMILES string of the molecule is CCCCCc1sc(CCCCC)c2c1-c1ccc3c4c(ccc-2c14)-c1sc(CCCCCCOC)cc1-3. The van der Waals surface area contributed by atoms with Gasteiger partial charge >= 0.3 is 0 Å². The van der Waals surface area contributed by atoms with Gasteiger partial charge in [0.15, 0.2) is 0 Å². The number of aryl methyl sites for hydroxylation is 3. The summed E-state index contributed by atoms with van der Waals surface area (Å²) in [4.78, 5) is 6.36. The maximum atomic E-state index is 5.20. The van der Waals surface area contributed by atoms with Crippen LogP contribution in [0.5, 0.6) is 0 Å². The summed E-state index contributed by atoms with van der Waals surface area (Å²) in [5, 5.41) is 3.09. The zero-order valence-corrected chi connectivity index (χ0v) is 25.1. The van der Waals surface area contributed by atoms with Gasteiger partial charge in [-0.05, 0) is 78.5 Å². The van der Waals surface area contributed by atoms with E-state index in [9.17, 15) is 0 Å². The number of methoxy groups -OCH3 is 1. The van der Waals surface area contributed by atoms with Crippen LogP contribution in [0, 0.1) is 0 Å². The molecule has 1 nitrogen and oxygen atoms in total. The smallest absolute Gasteiger partial charge is 0.0462 e. The van der Waals surface area contributed by atoms with Gasteiger partial charge in [-0.3, -0.25) is 0 Å². The van der Waals surface area contributed by atoms with E-state index in [1.807, 2.05) is 11.3 Å². The largest absolute Gasteiger partial charge is 0.385 e. The van der Waals surface area contributed by atoms with Crippen LogP contribution >= 0.6 is 22.7 Å². The number of hydrogen-bond donors (Lipinski definition) is 0. The molecule has 6 rings (SSSR count). The Hall–Kier alpha value is -1.94. The predicted octanol–water partition coefficient (Wildman–Crippen LogP) is 11.5. The van der Waals surface area contributed by atoms with Gasteiger partial charge in [-0.25, -0.2) is 0 Å². The molecule has 0 N–H and O–H groups in total. The Morgan fingerprint density at radius 1 is 0.579 bits per heavy atom. The Bertz CT molecular complexity index is 1340. The average Bonchev–Trinajstić information content (AvgIpc) is 3.65. The second-order valence-corrected chi connectivity index (χ2v) is 13.6. The van der Waals surface area contributed by atoms with E-state index in [-0.39, 0.29) is 0 Å². The zero-order chi connectivity index (χ0) is 26.1. The Balaban J connectivity index is 1.33. The highest BCUT2D eigenvalue weighted by Gasteiger charge is 2.34. The predicted molar refractivity (Wildman–Crippen MR) is 169 cm³/mol. The van der Waals surface area contributed by atoms with Crippen molar-refractivity contribution in [2.24, 2.45) is 0 Å². The highest BCUT2D eigenvalue weighted by molar-refractivity contribution is 7.16. The second-order valence-electron chi connectivity index (χ2n) is 11.3. The molecule has 2 heterocycles. The standard InChI is InChI=1S/C35H42OS2/c1-4-6-10-15-29-33-25-18-17-24-28-22-23(14-12-8-9-13-21-36-3)37-35(28)27-20-19-26(32(25)31(24)27)34(33)30(38-29)16-11-7-5-2/h17-20,22H,4-16,21H2,1-3H3. The summed E-state index contributed by atoms with van der Waals surface area (Å²) >= 11 is 4.18. The molecule has 2 aromatic carbocycles. The van der Waals surface area contributed by atoms with Gasteiger partial charge < -0.3 is 4.74 Å². The van der Waals surface area contributed by atoms with Crippen molar-refractivity contribution in [1.29, 1.82) is 0 Å². The van der Waals surface area contributed by atoms with Gasteiger partial charge in [0.05, 0.1) is 0 Å². The first-order chi connectivity index (χ1) is 18.8. The summed E-state index contributed by atoms with van der Waals surface area (Å²) in [5.74, 6) is 0. The third-order valence-corrected chi connectivity index (χ3v) is 11.1. The van der Waals surface area contributed by atoms with Gasteiger partial charge in [-0.15, -0.1) is 22.7 Å². The molecule has 200 valence electrons. The van der Waals surface area contributed by atoms with Crippen molar-refractivity contribution in [3.8, 4) is 43.8 Å². The van der Waals surface area contributed by atoms with Crippen molar-refractivity contribution in [3.63, 3.8) is 0 Å². The van der Waals surface area contributed by atoms with Crippen molar-refractivity contribution >= 4 is 33.4 Å². The average molecular weight is 543 g/mol. The minimum atomic E-state index is 0.894. The lowest BCUT2D eigenvalue weighted by atomic mass is 9.97. The molecule has 0 bridgehead atoms. The van der Waals surface area contributed by atoms with Crippen LogP contribution in [0.1, 0.15) is 92.7 Å². The topological polar surface area (TPSA) is 9.23 Å². The molecular weight excluding hydrogens is 501 g/mol. The van der Waals surface area contributed by atoms with Crippen LogP contribution in [0.4, 0.5) is 0 Å². The van der Waals surface area contributed by atoms with E-state index in [1.54, 1.807) is 38.3 Å². The number of ether oxygens (including phenoxy) is 1. The van der Waals surface area contributed by atoms with Crippen LogP contribution in [0.15, 0.2) is 30.3 Å². The van der Waals surface area contributed by atoms with Crippen molar-refractivity contribution in [1.82, 2.24) is 0 Å². The van der Waals surface area contributed by atoms with Crippen molar-refractivity contribution in [3.05, 3.63) is 45.0 Å². The summed E-state index contributed by atoms with van der Waals surface area (Å²) in [6.45, 7) is 5.53. The number of thiophene rings is 2. The Labute approximate surface area is 237 Å². The third kappa shape index (κ3) is 4.59. The lowest BCUT2D eigenvalue weighted by Gasteiger charge is -2.09. The van der Waals surface area contributed by atoms with Gasteiger partial charge in [-0.2, -0.15) is 0 Å². The highest BCUT2D eigenvalue weighted by atomic mass is 32.1. The fraction of sp³-hybridized carbons (Fsp3) is 0.486. The number of fused-ring (bicyclic) bond motifs is 6. The van der Waals surface area contributed by atoms with Gasteiger partial charge in [-0.1, -0.05) is 76.6 Å². The number of benzene rings is 2. The molecule has 0 radical (unpaired) electrons. The van der Waals surface area contributed by atoms with E-state index < -0.39 is 0 Å². The first kappa shape index (κ1) is 26.3. The molecule has 2 aromatic heterocycles. The zero-order valence-electron chi connectivity index (χ0n) is 23.5.